The van der Waals surface area contributed by atoms with Crippen molar-refractivity contribution in [2.75, 3.05) is 10.6 Å². The van der Waals surface area contributed by atoms with E-state index in [-0.39, 0.29) is 22.9 Å². The van der Waals surface area contributed by atoms with Crippen LogP contribution in [0.3, 0.4) is 0 Å². The Kier molecular flexibility index (Phi) is 4.37. The Balaban J connectivity index is 1.39. The molecule has 0 saturated heterocycles. The van der Waals surface area contributed by atoms with Crippen molar-refractivity contribution in [3.8, 4) is 0 Å². The molecular weight excluding hydrogens is 373 g/mol. The predicted octanol–water partition coefficient (Wildman–Crippen LogP) is 4.52. The van der Waals surface area contributed by atoms with Gasteiger partial charge in [-0.3, -0.25) is 10.1 Å². The fourth-order valence-corrected chi connectivity index (χ4v) is 6.08. The molecule has 1 aromatic heterocycles. The Hall–Kier alpha value is -2.77. The van der Waals surface area contributed by atoms with Crippen molar-refractivity contribution in [3.05, 3.63) is 52.1 Å². The van der Waals surface area contributed by atoms with E-state index >= 15 is 0 Å². The summed E-state index contributed by atoms with van der Waals surface area (Å²) < 4.78 is 13.1. The highest BCUT2D eigenvalue weighted by atomic mass is 19.1. The molecule has 0 radical (unpaired) electrons. The summed E-state index contributed by atoms with van der Waals surface area (Å²) in [5.41, 5.74) is 0.613. The smallest absolute Gasteiger partial charge is 0.353 e. The van der Waals surface area contributed by atoms with Crippen LogP contribution in [0.4, 0.5) is 21.7 Å². The van der Waals surface area contributed by atoms with E-state index in [2.05, 4.69) is 20.6 Å². The molecule has 4 bridgehead atoms. The first-order valence-electron chi connectivity index (χ1n) is 10.3. The van der Waals surface area contributed by atoms with E-state index in [0.717, 1.165) is 42.6 Å². The molecule has 0 unspecified atom stereocenters. The van der Waals surface area contributed by atoms with Gasteiger partial charge in [0.1, 0.15) is 12.1 Å². The van der Waals surface area contributed by atoms with Crippen molar-refractivity contribution < 1.29 is 9.31 Å². The zero-order chi connectivity index (χ0) is 20.0. The van der Waals surface area contributed by atoms with Crippen molar-refractivity contribution in [3.63, 3.8) is 0 Å². The first-order valence-corrected chi connectivity index (χ1v) is 10.3. The number of rotatable bonds is 6. The lowest BCUT2D eigenvalue weighted by molar-refractivity contribution is -0.383. The Morgan fingerprint density at radius 2 is 1.62 bits per heavy atom. The van der Waals surface area contributed by atoms with E-state index in [9.17, 15) is 14.5 Å². The summed E-state index contributed by atoms with van der Waals surface area (Å²) in [6.07, 6.45) is 8.48. The van der Waals surface area contributed by atoms with Crippen LogP contribution in [0.2, 0.25) is 0 Å². The third-order valence-electron chi connectivity index (χ3n) is 6.80. The molecule has 4 aliphatic carbocycles. The number of nitrogens with one attached hydrogen (secondary N) is 2. The summed E-state index contributed by atoms with van der Waals surface area (Å²) in [6, 6.07) is 6.02. The molecule has 2 N–H and O–H groups in total. The Morgan fingerprint density at radius 3 is 2.21 bits per heavy atom. The Bertz CT molecular complexity index is 898. The van der Waals surface area contributed by atoms with Gasteiger partial charge >= 0.3 is 5.69 Å². The van der Waals surface area contributed by atoms with Crippen molar-refractivity contribution in [1.82, 2.24) is 9.97 Å². The number of nitrogens with zero attached hydrogens (tertiary/aromatic N) is 3. The minimum absolute atomic E-state index is 0.0813. The molecule has 0 atom stereocenters. The van der Waals surface area contributed by atoms with Crippen LogP contribution in [0.25, 0.3) is 0 Å². The zero-order valence-electron chi connectivity index (χ0n) is 16.1. The molecule has 29 heavy (non-hydrogen) atoms. The number of hydrogen-bond donors (Lipinski definition) is 2. The van der Waals surface area contributed by atoms with E-state index in [1.165, 1.54) is 37.7 Å². The quantitative estimate of drug-likeness (QED) is 0.550. The number of anilines is 2. The van der Waals surface area contributed by atoms with E-state index in [4.69, 9.17) is 0 Å². The van der Waals surface area contributed by atoms with Crippen LogP contribution in [0.1, 0.15) is 44.1 Å². The summed E-state index contributed by atoms with van der Waals surface area (Å²) in [7, 11) is 0. The van der Waals surface area contributed by atoms with Crippen molar-refractivity contribution in [2.24, 2.45) is 17.8 Å². The lowest BCUT2D eigenvalue weighted by Gasteiger charge is -2.57. The predicted molar refractivity (Wildman–Crippen MR) is 107 cm³/mol. The standard InChI is InChI=1S/C21H24FN5O2/c22-17-3-1-13(2-4-17)11-23-19-18(27(28)29)20(25-12-24-19)26-21-8-14-5-15(9-21)7-16(6-14)10-21/h1-4,12,14-16H,5-11H2,(H2,23,24,25,26). The van der Waals surface area contributed by atoms with Gasteiger partial charge in [-0.1, -0.05) is 12.1 Å². The second-order valence-corrected chi connectivity index (χ2v) is 8.98. The SMILES string of the molecule is O=[N+]([O-])c1c(NCc2ccc(F)cc2)ncnc1NC12CC3CC(CC(C3)C1)C2. The van der Waals surface area contributed by atoms with Crippen LogP contribution in [-0.2, 0) is 6.54 Å². The second-order valence-electron chi connectivity index (χ2n) is 8.98. The lowest BCUT2D eigenvalue weighted by Crippen LogP contribution is -2.55. The summed E-state index contributed by atoms with van der Waals surface area (Å²) in [5.74, 6) is 2.35. The second kappa shape index (κ2) is 6.93. The number of halogens is 1. The van der Waals surface area contributed by atoms with Gasteiger partial charge in [0.2, 0.25) is 11.6 Å². The number of hydrogen-bond acceptors (Lipinski definition) is 6. The molecule has 6 rings (SSSR count). The highest BCUT2D eigenvalue weighted by Crippen LogP contribution is 2.57. The van der Waals surface area contributed by atoms with Crippen LogP contribution < -0.4 is 10.6 Å². The summed E-state index contributed by atoms with van der Waals surface area (Å²) in [5, 5.41) is 18.4. The molecule has 152 valence electrons. The van der Waals surface area contributed by atoms with Gasteiger partial charge in [0.05, 0.1) is 4.92 Å². The molecule has 4 fully saturated rings. The van der Waals surface area contributed by atoms with E-state index in [0.29, 0.717) is 12.4 Å². The lowest BCUT2D eigenvalue weighted by atomic mass is 9.53. The molecule has 0 amide bonds. The maximum atomic E-state index is 13.1. The van der Waals surface area contributed by atoms with Crippen LogP contribution in [0.15, 0.2) is 30.6 Å². The van der Waals surface area contributed by atoms with Gasteiger partial charge in [0.25, 0.3) is 0 Å². The summed E-state index contributed by atoms with van der Waals surface area (Å²) >= 11 is 0. The molecule has 0 aliphatic heterocycles. The molecule has 2 aromatic rings. The van der Waals surface area contributed by atoms with Crippen molar-refractivity contribution in [2.45, 2.75) is 50.6 Å². The third-order valence-corrected chi connectivity index (χ3v) is 6.80. The summed E-state index contributed by atoms with van der Waals surface area (Å²) in [4.78, 5) is 19.8. The molecule has 7 nitrogen and oxygen atoms in total. The maximum Gasteiger partial charge on any atom is 0.353 e. The molecular formula is C21H24FN5O2. The fraction of sp³-hybridized carbons (Fsp3) is 0.524. The van der Waals surface area contributed by atoms with Gasteiger partial charge in [0, 0.05) is 12.1 Å². The minimum Gasteiger partial charge on any atom is -0.360 e. The number of nitro groups is 1. The maximum absolute atomic E-state index is 13.1. The minimum atomic E-state index is -0.421. The van der Waals surface area contributed by atoms with Gasteiger partial charge in [-0.15, -0.1) is 0 Å². The Labute approximate surface area is 168 Å². The molecule has 8 heteroatoms. The van der Waals surface area contributed by atoms with Crippen molar-refractivity contribution in [1.29, 1.82) is 0 Å². The fourth-order valence-electron chi connectivity index (χ4n) is 6.08. The van der Waals surface area contributed by atoms with Gasteiger partial charge in [-0.2, -0.15) is 0 Å². The number of aromatic nitrogens is 2. The van der Waals surface area contributed by atoms with Gasteiger partial charge in [-0.25, -0.2) is 14.4 Å². The topological polar surface area (TPSA) is 93.0 Å². The molecule has 4 aliphatic rings. The average Bonchev–Trinajstić information content (AvgIpc) is 2.66. The summed E-state index contributed by atoms with van der Waals surface area (Å²) in [6.45, 7) is 0.314. The van der Waals surface area contributed by atoms with Gasteiger partial charge in [0.15, 0.2) is 0 Å². The third kappa shape index (κ3) is 3.52. The van der Waals surface area contributed by atoms with E-state index in [1.807, 2.05) is 0 Å². The zero-order valence-corrected chi connectivity index (χ0v) is 16.1. The molecule has 1 aromatic carbocycles. The number of benzene rings is 1. The highest BCUT2D eigenvalue weighted by Gasteiger charge is 2.51. The van der Waals surface area contributed by atoms with Gasteiger partial charge in [-0.05, 0) is 74.0 Å². The van der Waals surface area contributed by atoms with E-state index < -0.39 is 4.92 Å². The van der Waals surface area contributed by atoms with Crippen LogP contribution >= 0.6 is 0 Å². The first kappa shape index (κ1) is 18.3. The molecule has 0 spiro atoms. The molecule has 1 heterocycles. The first-order chi connectivity index (χ1) is 14.0. The van der Waals surface area contributed by atoms with Crippen LogP contribution in [0.5, 0.6) is 0 Å². The van der Waals surface area contributed by atoms with Crippen molar-refractivity contribution >= 4 is 17.3 Å². The monoisotopic (exact) mass is 397 g/mol. The van der Waals surface area contributed by atoms with Gasteiger partial charge < -0.3 is 10.6 Å². The van der Waals surface area contributed by atoms with E-state index in [1.54, 1.807) is 12.1 Å². The van der Waals surface area contributed by atoms with Crippen LogP contribution in [0, 0.1) is 33.7 Å². The average molecular weight is 397 g/mol. The Morgan fingerprint density at radius 1 is 1.03 bits per heavy atom. The largest absolute Gasteiger partial charge is 0.360 e. The highest BCUT2D eigenvalue weighted by molar-refractivity contribution is 5.70. The molecule has 4 saturated carbocycles. The normalized spacial score (nSPS) is 29.6. The van der Waals surface area contributed by atoms with Crippen LogP contribution in [-0.4, -0.2) is 20.4 Å².